The van der Waals surface area contributed by atoms with Gasteiger partial charge < -0.3 is 0 Å². The molecule has 6 heteroatoms. The van der Waals surface area contributed by atoms with Crippen LogP contribution in [-0.2, 0) is 16.0 Å². The van der Waals surface area contributed by atoms with Crippen LogP contribution in [0.5, 0.6) is 0 Å². The first-order valence-electron chi connectivity index (χ1n) is 20.9. The van der Waals surface area contributed by atoms with Crippen molar-refractivity contribution in [1.29, 1.82) is 0 Å². The number of unbranched alkanes of at least 4 members (excludes halogenated alkanes) is 24. The number of rotatable bonds is 31. The predicted molar refractivity (Wildman–Crippen MR) is 209 cm³/mol. The number of hydrogen-bond donors (Lipinski definition) is 0. The van der Waals surface area contributed by atoms with E-state index in [1.54, 1.807) is 6.20 Å². The van der Waals surface area contributed by atoms with Gasteiger partial charge in [-0.15, -0.1) is 0 Å². The minimum absolute atomic E-state index is 0.265. The summed E-state index contributed by atoms with van der Waals surface area (Å²) in [6.07, 6.45) is 35.6. The van der Waals surface area contributed by atoms with E-state index in [9.17, 15) is 14.4 Å². The van der Waals surface area contributed by atoms with Crippen LogP contribution in [0.25, 0.3) is 11.0 Å². The van der Waals surface area contributed by atoms with Gasteiger partial charge in [0.1, 0.15) is 0 Å². The predicted octanol–water partition coefficient (Wildman–Crippen LogP) is 12.3. The second-order valence-corrected chi connectivity index (χ2v) is 14.5. The van der Waals surface area contributed by atoms with E-state index in [0.717, 1.165) is 55.3 Å². The first kappa shape index (κ1) is 42.7. The third-order valence-corrected chi connectivity index (χ3v) is 9.99. The van der Waals surface area contributed by atoms with Crippen LogP contribution in [-0.4, -0.2) is 21.5 Å². The van der Waals surface area contributed by atoms with E-state index in [1.165, 1.54) is 133 Å². The van der Waals surface area contributed by atoms with Gasteiger partial charge in [-0.3, -0.25) is 14.4 Å². The van der Waals surface area contributed by atoms with Crippen LogP contribution in [0.1, 0.15) is 213 Å². The normalized spacial score (nSPS) is 11.4. The number of hydrogen-bond acceptors (Lipinski definition) is 4. The molecule has 0 saturated carbocycles. The van der Waals surface area contributed by atoms with Crippen molar-refractivity contribution in [3.05, 3.63) is 40.3 Å². The Morgan fingerprint density at radius 2 is 0.959 bits per heavy atom. The lowest BCUT2D eigenvalue weighted by Crippen LogP contribution is -2.51. The average Bonchev–Trinajstić information content (AvgIpc) is 3.10. The van der Waals surface area contributed by atoms with Gasteiger partial charge >= 0.3 is 0 Å². The smallest absolute Gasteiger partial charge is 0.273 e. The van der Waals surface area contributed by atoms with Gasteiger partial charge in [0.25, 0.3) is 5.56 Å². The zero-order valence-electron chi connectivity index (χ0n) is 32.1. The Balaban J connectivity index is 1.89. The zero-order valence-corrected chi connectivity index (χ0v) is 32.1. The van der Waals surface area contributed by atoms with Crippen LogP contribution in [0.15, 0.2) is 29.2 Å². The molecule has 2 heterocycles. The molecule has 0 atom stereocenters. The minimum Gasteiger partial charge on any atom is -0.273 e. The van der Waals surface area contributed by atoms with Gasteiger partial charge in [-0.2, -0.15) is 9.69 Å². The van der Waals surface area contributed by atoms with Crippen LogP contribution in [0.4, 0.5) is 0 Å². The Hall–Kier alpha value is -2.50. The molecule has 278 valence electrons. The molecule has 2 rings (SSSR count). The van der Waals surface area contributed by atoms with E-state index in [2.05, 4.69) is 18.8 Å². The van der Waals surface area contributed by atoms with E-state index in [0.29, 0.717) is 17.6 Å². The maximum atomic E-state index is 13.8. The van der Waals surface area contributed by atoms with Crippen LogP contribution in [0.3, 0.4) is 0 Å². The highest BCUT2D eigenvalue weighted by molar-refractivity contribution is 6.09. The molecule has 0 N–H and O–H groups in total. The van der Waals surface area contributed by atoms with Gasteiger partial charge in [0, 0.05) is 30.0 Å². The van der Waals surface area contributed by atoms with Gasteiger partial charge in [0.2, 0.25) is 11.8 Å². The van der Waals surface area contributed by atoms with Gasteiger partial charge in [0.15, 0.2) is 5.65 Å². The lowest BCUT2D eigenvalue weighted by atomic mass is 10.0. The number of fused-ring (bicyclic) bond motifs is 1. The third-order valence-electron chi connectivity index (χ3n) is 9.99. The Bertz CT molecular complexity index is 1160. The van der Waals surface area contributed by atoms with E-state index in [1.807, 2.05) is 25.1 Å². The van der Waals surface area contributed by atoms with Crippen LogP contribution < -0.4 is 10.6 Å². The Morgan fingerprint density at radius 3 is 1.35 bits per heavy atom. The van der Waals surface area contributed by atoms with E-state index in [-0.39, 0.29) is 30.2 Å². The number of aryl methyl sites for hydroxylation is 1. The molecule has 0 radical (unpaired) electrons. The SMILES string of the molecule is CCCCCCCCCCCCCCCC(=O)N(C(=O)CCCCCCCCCCCCCCC)n1c(=O)c(CCC)cc2cccnc21. The van der Waals surface area contributed by atoms with E-state index in [4.69, 9.17) is 0 Å². The van der Waals surface area contributed by atoms with Gasteiger partial charge in [-0.25, -0.2) is 4.98 Å². The molecular formula is C43H73N3O3. The number of nitrogens with zero attached hydrogens (tertiary/aromatic N) is 3. The summed E-state index contributed by atoms with van der Waals surface area (Å²) in [6, 6.07) is 5.61. The summed E-state index contributed by atoms with van der Waals surface area (Å²) < 4.78 is 1.30. The van der Waals surface area contributed by atoms with E-state index < -0.39 is 0 Å². The fraction of sp³-hybridized carbons (Fsp3) is 0.767. The molecule has 2 aromatic heterocycles. The molecule has 2 aromatic rings. The van der Waals surface area contributed by atoms with Crippen molar-refractivity contribution >= 4 is 22.8 Å². The number of pyridine rings is 2. The maximum Gasteiger partial charge on any atom is 0.275 e. The standard InChI is InChI=1S/C43H73N3O3/c1-4-7-9-11-13-15-17-19-21-23-25-27-29-34-40(47)45(46-42-38(33-31-36-44-42)37-39(32-6-3)43(46)49)41(48)35-30-28-26-24-22-20-18-16-14-12-10-8-5-2/h31,33,36-37H,4-30,32,34-35H2,1-3H3. The number of aromatic nitrogens is 2. The molecule has 0 saturated heterocycles. The van der Waals surface area contributed by atoms with Crippen LogP contribution in [0.2, 0.25) is 0 Å². The summed E-state index contributed by atoms with van der Waals surface area (Å²) in [5, 5.41) is 1.94. The molecule has 0 aromatic carbocycles. The lowest BCUT2D eigenvalue weighted by molar-refractivity contribution is -0.129. The molecule has 0 fully saturated rings. The van der Waals surface area contributed by atoms with Crippen molar-refractivity contribution in [2.45, 2.75) is 213 Å². The molecule has 6 nitrogen and oxygen atoms in total. The summed E-state index contributed by atoms with van der Waals surface area (Å²) in [6.45, 7) is 6.56. The first-order valence-corrected chi connectivity index (χ1v) is 20.9. The van der Waals surface area contributed by atoms with Gasteiger partial charge in [-0.1, -0.05) is 181 Å². The fourth-order valence-electron chi connectivity index (χ4n) is 6.98. The summed E-state index contributed by atoms with van der Waals surface area (Å²) in [5.74, 6) is -0.573. The number of carbonyl (C=O) groups is 2. The molecule has 0 spiro atoms. The Kier molecular flexibility index (Phi) is 24.6. The second-order valence-electron chi connectivity index (χ2n) is 14.5. The molecule has 0 aliphatic rings. The summed E-state index contributed by atoms with van der Waals surface area (Å²) in [5.41, 5.74) is 0.700. The third kappa shape index (κ3) is 17.8. The van der Waals surface area contributed by atoms with Crippen molar-refractivity contribution in [2.75, 3.05) is 5.01 Å². The second kappa shape index (κ2) is 28.2. The van der Waals surface area contributed by atoms with Crippen molar-refractivity contribution < 1.29 is 9.59 Å². The maximum absolute atomic E-state index is 13.8. The minimum atomic E-state index is -0.300. The first-order chi connectivity index (χ1) is 24.0. The quantitative estimate of drug-likeness (QED) is 0.0744. The summed E-state index contributed by atoms with van der Waals surface area (Å²) in [7, 11) is 0. The highest BCUT2D eigenvalue weighted by Gasteiger charge is 2.27. The monoisotopic (exact) mass is 680 g/mol. The van der Waals surface area contributed by atoms with Crippen molar-refractivity contribution in [2.24, 2.45) is 0 Å². The molecular weight excluding hydrogens is 606 g/mol. The zero-order chi connectivity index (χ0) is 35.4. The highest BCUT2D eigenvalue weighted by Crippen LogP contribution is 2.18. The molecule has 0 aliphatic heterocycles. The fourth-order valence-corrected chi connectivity index (χ4v) is 6.98. The van der Waals surface area contributed by atoms with Crippen LogP contribution in [0, 0.1) is 0 Å². The van der Waals surface area contributed by atoms with E-state index >= 15 is 0 Å². The lowest BCUT2D eigenvalue weighted by Gasteiger charge is -2.24. The number of carbonyl (C=O) groups excluding carboxylic acids is 2. The number of amides is 2. The highest BCUT2D eigenvalue weighted by atomic mass is 16.2. The molecule has 0 aliphatic carbocycles. The molecule has 0 bridgehead atoms. The van der Waals surface area contributed by atoms with Crippen LogP contribution >= 0.6 is 0 Å². The summed E-state index contributed by atoms with van der Waals surface area (Å²) in [4.78, 5) is 45.9. The molecule has 0 unspecified atom stereocenters. The van der Waals surface area contributed by atoms with Gasteiger partial charge in [0.05, 0.1) is 0 Å². The average molecular weight is 680 g/mol. The topological polar surface area (TPSA) is 72.3 Å². The largest absolute Gasteiger partial charge is 0.275 e. The van der Waals surface area contributed by atoms with Crippen molar-refractivity contribution in [3.63, 3.8) is 0 Å². The Morgan fingerprint density at radius 1 is 0.571 bits per heavy atom. The molecule has 2 amide bonds. The molecule has 49 heavy (non-hydrogen) atoms. The van der Waals surface area contributed by atoms with Crippen molar-refractivity contribution in [3.8, 4) is 0 Å². The van der Waals surface area contributed by atoms with Crippen molar-refractivity contribution in [1.82, 2.24) is 9.66 Å². The Labute approximate surface area is 300 Å². The van der Waals surface area contributed by atoms with Gasteiger partial charge in [-0.05, 0) is 37.5 Å². The summed E-state index contributed by atoms with van der Waals surface area (Å²) >= 11 is 0. The number of imide groups is 1.